The maximum Gasteiger partial charge on any atom is 0.319 e. The van der Waals surface area contributed by atoms with Crippen LogP contribution < -0.4 is 15.0 Å². The first kappa shape index (κ1) is 26.7. The fraction of sp³-hybridized carbons (Fsp3) is 0.433. The summed E-state index contributed by atoms with van der Waals surface area (Å²) in [5, 5.41) is 16.2. The number of alkyl halides is 1. The van der Waals surface area contributed by atoms with Crippen LogP contribution in [0.15, 0.2) is 42.6 Å². The molecule has 3 fully saturated rings. The molecule has 0 aliphatic carbocycles. The second-order valence-corrected chi connectivity index (χ2v) is 11.8. The van der Waals surface area contributed by atoms with Crippen molar-refractivity contribution < 1.29 is 18.6 Å². The largest absolute Gasteiger partial charge is 0.461 e. The molecule has 4 aromatic rings. The highest BCUT2D eigenvalue weighted by molar-refractivity contribution is 6.36. The van der Waals surface area contributed by atoms with Gasteiger partial charge in [0.1, 0.15) is 29.8 Å². The van der Waals surface area contributed by atoms with Gasteiger partial charge in [-0.2, -0.15) is 9.97 Å². The van der Waals surface area contributed by atoms with Gasteiger partial charge in [0.25, 0.3) is 0 Å². The number of fused-ring (bicyclic) bond motifs is 3. The zero-order valence-electron chi connectivity index (χ0n) is 22.7. The molecule has 214 valence electrons. The summed E-state index contributed by atoms with van der Waals surface area (Å²) >= 11 is 6.56. The second-order valence-electron chi connectivity index (χ2n) is 11.4. The van der Waals surface area contributed by atoms with Crippen molar-refractivity contribution in [3.8, 4) is 17.3 Å². The van der Waals surface area contributed by atoms with Gasteiger partial charge in [-0.15, -0.1) is 0 Å². The molecule has 2 aromatic carbocycles. The molecular weight excluding hydrogens is 550 g/mol. The van der Waals surface area contributed by atoms with Crippen molar-refractivity contribution in [2.24, 2.45) is 0 Å². The zero-order valence-corrected chi connectivity index (χ0v) is 23.4. The molecule has 4 atom stereocenters. The number of β-amino-alcohol motifs (C(OH)–C–C–N with tert-alkyl or cyclic N) is 1. The number of aliphatic hydroxyl groups excluding tert-OH is 1. The lowest BCUT2D eigenvalue weighted by Crippen LogP contribution is -2.43. The molecule has 3 saturated heterocycles. The molecule has 0 unspecified atom stereocenters. The van der Waals surface area contributed by atoms with Crippen LogP contribution in [0.2, 0.25) is 5.02 Å². The van der Waals surface area contributed by atoms with Gasteiger partial charge in [0.2, 0.25) is 0 Å². The Labute approximate surface area is 241 Å². The highest BCUT2D eigenvalue weighted by atomic mass is 35.5. The van der Waals surface area contributed by atoms with E-state index in [1.54, 1.807) is 18.3 Å². The van der Waals surface area contributed by atoms with E-state index in [-0.39, 0.29) is 29.9 Å². The number of ether oxygens (including phenoxy) is 1. The summed E-state index contributed by atoms with van der Waals surface area (Å²) in [5.41, 5.74) is 0.326. The Morgan fingerprint density at radius 2 is 2.05 bits per heavy atom. The molecular formula is C30H31ClF2N6O2. The van der Waals surface area contributed by atoms with Gasteiger partial charge >= 0.3 is 6.01 Å². The van der Waals surface area contributed by atoms with Crippen LogP contribution in [0.5, 0.6) is 6.01 Å². The Morgan fingerprint density at radius 1 is 1.22 bits per heavy atom. The third-order valence-electron chi connectivity index (χ3n) is 8.97. The van der Waals surface area contributed by atoms with Crippen molar-refractivity contribution >= 4 is 39.1 Å². The van der Waals surface area contributed by atoms with Crippen molar-refractivity contribution in [3.05, 3.63) is 53.4 Å². The summed E-state index contributed by atoms with van der Waals surface area (Å²) in [4.78, 5) is 17.8. The molecule has 41 heavy (non-hydrogen) atoms. The average molecular weight is 581 g/mol. The number of hydrogen-bond donors (Lipinski definition) is 2. The molecule has 8 nitrogen and oxygen atoms in total. The Kier molecular flexibility index (Phi) is 6.69. The quantitative estimate of drug-likeness (QED) is 0.348. The number of aliphatic hydroxyl groups is 1. The second kappa shape index (κ2) is 10.3. The zero-order chi connectivity index (χ0) is 28.3. The van der Waals surface area contributed by atoms with Crippen LogP contribution in [-0.4, -0.2) is 88.6 Å². The van der Waals surface area contributed by atoms with E-state index in [2.05, 4.69) is 20.2 Å². The van der Waals surface area contributed by atoms with Gasteiger partial charge < -0.3 is 20.1 Å². The van der Waals surface area contributed by atoms with Crippen LogP contribution in [0.4, 0.5) is 14.6 Å². The van der Waals surface area contributed by atoms with Crippen LogP contribution >= 0.6 is 11.6 Å². The van der Waals surface area contributed by atoms with Gasteiger partial charge in [-0.05, 0) is 30.8 Å². The number of rotatable bonds is 6. The first-order valence-corrected chi connectivity index (χ1v) is 14.4. The number of hydrogen-bond acceptors (Lipinski definition) is 8. The van der Waals surface area contributed by atoms with E-state index in [0.29, 0.717) is 53.2 Å². The van der Waals surface area contributed by atoms with Crippen LogP contribution in [0.25, 0.3) is 32.9 Å². The summed E-state index contributed by atoms with van der Waals surface area (Å²) in [5.74, 6) is -0.213. The standard InChI is InChI=1S/C30H31ClF2N6O2/c1-38(22-13-34-14-23(22)40)28-20-12-35-26(19-7-2-5-17-6-3-8-21(31)24(17)19)25(33)27(20)36-29(37-28)41-16-30-9-4-10-39(30)15-18(32)11-30/h2-3,5-8,12,18,22-23,34,40H,4,9-11,13-16H2,1H3/t18-,22+,23+,30+/m1/s1. The van der Waals surface area contributed by atoms with Gasteiger partial charge in [-0.3, -0.25) is 9.88 Å². The number of aromatic nitrogens is 3. The van der Waals surface area contributed by atoms with Crippen LogP contribution in [-0.2, 0) is 0 Å². The number of nitrogens with zero attached hydrogens (tertiary/aromatic N) is 5. The van der Waals surface area contributed by atoms with Crippen molar-refractivity contribution in [2.45, 2.75) is 43.1 Å². The maximum absolute atomic E-state index is 16.5. The topological polar surface area (TPSA) is 86.6 Å². The van der Waals surface area contributed by atoms with Gasteiger partial charge in [-0.1, -0.05) is 41.9 Å². The minimum Gasteiger partial charge on any atom is -0.461 e. The summed E-state index contributed by atoms with van der Waals surface area (Å²) in [7, 11) is 1.81. The smallest absolute Gasteiger partial charge is 0.319 e. The fourth-order valence-electron chi connectivity index (χ4n) is 6.89. The molecule has 0 bridgehead atoms. The lowest BCUT2D eigenvalue weighted by molar-refractivity contribution is 0.107. The van der Waals surface area contributed by atoms with Crippen molar-refractivity contribution in [1.82, 2.24) is 25.2 Å². The Hall–Kier alpha value is -3.18. The van der Waals surface area contributed by atoms with Gasteiger partial charge in [0.05, 0.1) is 23.1 Å². The normalized spacial score (nSPS) is 26.2. The number of anilines is 1. The van der Waals surface area contributed by atoms with Crippen LogP contribution in [0, 0.1) is 5.82 Å². The third-order valence-corrected chi connectivity index (χ3v) is 9.28. The molecule has 3 aliphatic heterocycles. The molecule has 0 spiro atoms. The van der Waals surface area contributed by atoms with E-state index >= 15 is 4.39 Å². The van der Waals surface area contributed by atoms with Gasteiger partial charge in [0.15, 0.2) is 5.82 Å². The average Bonchev–Trinajstić information content (AvgIpc) is 3.65. The van der Waals surface area contributed by atoms with Crippen LogP contribution in [0.3, 0.4) is 0 Å². The predicted molar refractivity (Wildman–Crippen MR) is 155 cm³/mol. The predicted octanol–water partition coefficient (Wildman–Crippen LogP) is 4.36. The van der Waals surface area contributed by atoms with Gasteiger partial charge in [-0.25, -0.2) is 8.78 Å². The monoisotopic (exact) mass is 580 g/mol. The minimum absolute atomic E-state index is 0.00957. The highest BCUT2D eigenvalue weighted by Gasteiger charge is 2.49. The number of benzene rings is 2. The molecule has 2 N–H and O–H groups in total. The van der Waals surface area contributed by atoms with E-state index in [4.69, 9.17) is 21.3 Å². The highest BCUT2D eigenvalue weighted by Crippen LogP contribution is 2.41. The summed E-state index contributed by atoms with van der Waals surface area (Å²) < 4.78 is 37.1. The number of likely N-dealkylation sites (N-methyl/N-ethyl adjacent to an activating group) is 1. The van der Waals surface area contributed by atoms with E-state index in [0.717, 1.165) is 24.8 Å². The summed E-state index contributed by atoms with van der Waals surface area (Å²) in [6.07, 6.45) is 2.25. The molecule has 11 heteroatoms. The SMILES string of the molecule is CN(c1nc(OC[C@@]23CCCN2C[C@H](F)C3)nc2c(F)c(-c3cccc4cccc(Cl)c34)ncc12)[C@H]1CNC[C@@H]1O. The lowest BCUT2D eigenvalue weighted by Gasteiger charge is -2.31. The Morgan fingerprint density at radius 3 is 2.85 bits per heavy atom. The summed E-state index contributed by atoms with van der Waals surface area (Å²) in [6, 6.07) is 10.8. The molecule has 0 amide bonds. The maximum atomic E-state index is 16.5. The third kappa shape index (κ3) is 4.48. The van der Waals surface area contributed by atoms with E-state index in [1.807, 2.05) is 36.2 Å². The van der Waals surface area contributed by atoms with Crippen molar-refractivity contribution in [1.29, 1.82) is 0 Å². The molecule has 2 aromatic heterocycles. The minimum atomic E-state index is -0.895. The number of halogens is 3. The van der Waals surface area contributed by atoms with E-state index < -0.39 is 23.6 Å². The first-order chi connectivity index (χ1) is 19.8. The number of pyridine rings is 1. The Bertz CT molecular complexity index is 1640. The molecule has 0 radical (unpaired) electrons. The fourth-order valence-corrected chi connectivity index (χ4v) is 7.17. The van der Waals surface area contributed by atoms with Crippen molar-refractivity contribution in [2.75, 3.05) is 44.7 Å². The first-order valence-electron chi connectivity index (χ1n) is 14.0. The lowest BCUT2D eigenvalue weighted by atomic mass is 9.95. The van der Waals surface area contributed by atoms with Gasteiger partial charge in [0, 0.05) is 55.3 Å². The van der Waals surface area contributed by atoms with Crippen LogP contribution in [0.1, 0.15) is 19.3 Å². The molecule has 0 saturated carbocycles. The molecule has 7 rings (SSSR count). The number of nitrogens with one attached hydrogen (secondary N) is 1. The Balaban J connectivity index is 1.35. The molecule has 5 heterocycles. The summed E-state index contributed by atoms with van der Waals surface area (Å²) in [6.45, 7) is 2.44. The molecule has 3 aliphatic rings. The van der Waals surface area contributed by atoms with E-state index in [1.165, 1.54) is 0 Å². The van der Waals surface area contributed by atoms with Crippen molar-refractivity contribution in [3.63, 3.8) is 0 Å². The van der Waals surface area contributed by atoms with E-state index in [9.17, 15) is 9.50 Å².